The van der Waals surface area contributed by atoms with Crippen LogP contribution in [0.1, 0.15) is 37.8 Å². The standard InChI is InChI=1S/C15H18N2O2/c18-11-5-9-13-8-4-10-14(16-13)17-15(19)12-6-2-1-3-7-12/h4,8,10,12,18H,1-3,6-7,11H2,(H,16,17,19). The normalized spacial score (nSPS) is 15.4. The van der Waals surface area contributed by atoms with E-state index in [1.807, 2.05) is 0 Å². The van der Waals surface area contributed by atoms with Gasteiger partial charge in [-0.25, -0.2) is 4.98 Å². The van der Waals surface area contributed by atoms with Gasteiger partial charge in [-0.2, -0.15) is 0 Å². The highest BCUT2D eigenvalue weighted by Crippen LogP contribution is 2.24. The lowest BCUT2D eigenvalue weighted by Gasteiger charge is -2.20. The van der Waals surface area contributed by atoms with Crippen LogP contribution in [-0.2, 0) is 4.79 Å². The molecule has 0 saturated heterocycles. The Labute approximate surface area is 113 Å². The van der Waals surface area contributed by atoms with E-state index in [0.717, 1.165) is 25.7 Å². The largest absolute Gasteiger partial charge is 0.384 e. The van der Waals surface area contributed by atoms with Crippen molar-refractivity contribution in [3.8, 4) is 11.8 Å². The summed E-state index contributed by atoms with van der Waals surface area (Å²) in [4.78, 5) is 16.3. The third kappa shape index (κ3) is 4.08. The van der Waals surface area contributed by atoms with Crippen molar-refractivity contribution < 1.29 is 9.90 Å². The Bertz CT molecular complexity index is 496. The van der Waals surface area contributed by atoms with Gasteiger partial charge in [-0.15, -0.1) is 0 Å². The van der Waals surface area contributed by atoms with E-state index < -0.39 is 0 Å². The number of carbonyl (C=O) groups is 1. The highest BCUT2D eigenvalue weighted by atomic mass is 16.2. The maximum absolute atomic E-state index is 12.1. The molecule has 1 aliphatic rings. The molecular weight excluding hydrogens is 240 g/mol. The van der Waals surface area contributed by atoms with Gasteiger partial charge in [0.05, 0.1) is 0 Å². The summed E-state index contributed by atoms with van der Waals surface area (Å²) in [7, 11) is 0. The molecule has 1 aromatic rings. The minimum atomic E-state index is -0.194. The highest BCUT2D eigenvalue weighted by Gasteiger charge is 2.21. The van der Waals surface area contributed by atoms with E-state index in [9.17, 15) is 4.79 Å². The number of hydrogen-bond donors (Lipinski definition) is 2. The minimum Gasteiger partial charge on any atom is -0.384 e. The fourth-order valence-electron chi connectivity index (χ4n) is 2.30. The zero-order chi connectivity index (χ0) is 13.5. The number of hydrogen-bond acceptors (Lipinski definition) is 3. The maximum atomic E-state index is 12.1. The summed E-state index contributed by atoms with van der Waals surface area (Å²) >= 11 is 0. The first-order valence-electron chi connectivity index (χ1n) is 6.67. The summed E-state index contributed by atoms with van der Waals surface area (Å²) in [6.45, 7) is -0.194. The number of rotatable bonds is 2. The van der Waals surface area contributed by atoms with Crippen molar-refractivity contribution in [2.75, 3.05) is 11.9 Å². The summed E-state index contributed by atoms with van der Waals surface area (Å²) in [6, 6.07) is 5.30. The molecule has 0 atom stereocenters. The second kappa shape index (κ2) is 6.91. The Morgan fingerprint density at radius 1 is 1.37 bits per heavy atom. The number of amides is 1. The molecule has 1 saturated carbocycles. The Balaban J connectivity index is 1.99. The van der Waals surface area contributed by atoms with Gasteiger partial charge in [0.1, 0.15) is 18.1 Å². The van der Waals surface area contributed by atoms with Gasteiger partial charge < -0.3 is 10.4 Å². The molecule has 4 nitrogen and oxygen atoms in total. The third-order valence-corrected chi connectivity index (χ3v) is 3.27. The van der Waals surface area contributed by atoms with Crippen LogP contribution in [0.15, 0.2) is 18.2 Å². The summed E-state index contributed by atoms with van der Waals surface area (Å²) in [6.07, 6.45) is 5.43. The number of carbonyl (C=O) groups excluding carboxylic acids is 1. The summed E-state index contributed by atoms with van der Waals surface area (Å²) in [5.74, 6) is 5.96. The lowest BCUT2D eigenvalue weighted by Crippen LogP contribution is -2.25. The number of aliphatic hydroxyl groups excluding tert-OH is 1. The van der Waals surface area contributed by atoms with Gasteiger partial charge in [-0.3, -0.25) is 4.79 Å². The molecule has 1 aliphatic carbocycles. The van der Waals surface area contributed by atoms with E-state index in [1.54, 1.807) is 18.2 Å². The van der Waals surface area contributed by atoms with Gasteiger partial charge in [0.25, 0.3) is 0 Å². The molecule has 1 aromatic heterocycles. The van der Waals surface area contributed by atoms with Crippen LogP contribution in [0.5, 0.6) is 0 Å². The van der Waals surface area contributed by atoms with Crippen LogP contribution in [0.3, 0.4) is 0 Å². The van der Waals surface area contributed by atoms with E-state index in [1.165, 1.54) is 6.42 Å². The first-order valence-corrected chi connectivity index (χ1v) is 6.67. The molecule has 0 radical (unpaired) electrons. The summed E-state index contributed by atoms with van der Waals surface area (Å²) in [5.41, 5.74) is 0.551. The molecule has 19 heavy (non-hydrogen) atoms. The van der Waals surface area contributed by atoms with Crippen LogP contribution in [0.2, 0.25) is 0 Å². The number of aromatic nitrogens is 1. The van der Waals surface area contributed by atoms with Gasteiger partial charge >= 0.3 is 0 Å². The topological polar surface area (TPSA) is 62.2 Å². The second-order valence-corrected chi connectivity index (χ2v) is 4.69. The first-order chi connectivity index (χ1) is 9.29. The van der Waals surface area contributed by atoms with Gasteiger partial charge in [-0.1, -0.05) is 31.2 Å². The van der Waals surface area contributed by atoms with Gasteiger partial charge in [-0.05, 0) is 30.9 Å². The number of nitrogens with zero attached hydrogens (tertiary/aromatic N) is 1. The predicted octanol–water partition coefficient (Wildman–Crippen LogP) is 1.94. The highest BCUT2D eigenvalue weighted by molar-refractivity contribution is 5.91. The van der Waals surface area contributed by atoms with Crippen LogP contribution >= 0.6 is 0 Å². The SMILES string of the molecule is O=C(Nc1cccc(C#CCO)n1)C1CCCCC1. The molecule has 0 unspecified atom stereocenters. The van der Waals surface area contributed by atoms with E-state index in [4.69, 9.17) is 5.11 Å². The smallest absolute Gasteiger partial charge is 0.228 e. The molecule has 0 aromatic carbocycles. The predicted molar refractivity (Wildman–Crippen MR) is 73.4 cm³/mol. The van der Waals surface area contributed by atoms with Crippen LogP contribution in [0.25, 0.3) is 0 Å². The summed E-state index contributed by atoms with van der Waals surface area (Å²) < 4.78 is 0. The number of pyridine rings is 1. The van der Waals surface area contributed by atoms with Gasteiger partial charge in [0.2, 0.25) is 5.91 Å². The average Bonchev–Trinajstić information content (AvgIpc) is 2.46. The molecule has 0 spiro atoms. The summed E-state index contributed by atoms with van der Waals surface area (Å²) in [5, 5.41) is 11.5. The van der Waals surface area contributed by atoms with Crippen LogP contribution in [0, 0.1) is 17.8 Å². The fraction of sp³-hybridized carbons (Fsp3) is 0.467. The van der Waals surface area contributed by atoms with Crippen molar-refractivity contribution in [1.82, 2.24) is 4.98 Å². The van der Waals surface area contributed by atoms with Crippen molar-refractivity contribution in [3.63, 3.8) is 0 Å². The quantitative estimate of drug-likeness (QED) is 0.797. The van der Waals surface area contributed by atoms with Crippen molar-refractivity contribution >= 4 is 11.7 Å². The zero-order valence-electron chi connectivity index (χ0n) is 10.9. The number of nitrogens with one attached hydrogen (secondary N) is 1. The third-order valence-electron chi connectivity index (χ3n) is 3.27. The van der Waals surface area contributed by atoms with Crippen molar-refractivity contribution in [2.45, 2.75) is 32.1 Å². The second-order valence-electron chi connectivity index (χ2n) is 4.69. The maximum Gasteiger partial charge on any atom is 0.228 e. The Morgan fingerprint density at radius 3 is 2.89 bits per heavy atom. The monoisotopic (exact) mass is 258 g/mol. The molecule has 100 valence electrons. The Hall–Kier alpha value is -1.86. The van der Waals surface area contributed by atoms with Crippen LogP contribution in [0.4, 0.5) is 5.82 Å². The molecule has 4 heteroatoms. The van der Waals surface area contributed by atoms with Crippen molar-refractivity contribution in [1.29, 1.82) is 0 Å². The molecule has 1 heterocycles. The molecule has 0 aliphatic heterocycles. The molecule has 0 bridgehead atoms. The van der Waals surface area contributed by atoms with Crippen molar-refractivity contribution in [2.24, 2.45) is 5.92 Å². The van der Waals surface area contributed by atoms with E-state index in [0.29, 0.717) is 11.5 Å². The lowest BCUT2D eigenvalue weighted by atomic mass is 9.89. The fourth-order valence-corrected chi connectivity index (χ4v) is 2.30. The van der Waals surface area contributed by atoms with E-state index >= 15 is 0 Å². The van der Waals surface area contributed by atoms with Crippen molar-refractivity contribution in [3.05, 3.63) is 23.9 Å². The van der Waals surface area contributed by atoms with Gasteiger partial charge in [0.15, 0.2) is 0 Å². The van der Waals surface area contributed by atoms with E-state index in [2.05, 4.69) is 22.1 Å². The molecule has 2 rings (SSSR count). The van der Waals surface area contributed by atoms with Gasteiger partial charge in [0, 0.05) is 5.92 Å². The van der Waals surface area contributed by atoms with Crippen LogP contribution < -0.4 is 5.32 Å². The first kappa shape index (κ1) is 13.6. The number of aliphatic hydroxyl groups is 1. The Morgan fingerprint density at radius 2 is 2.16 bits per heavy atom. The minimum absolute atomic E-state index is 0.0551. The van der Waals surface area contributed by atoms with Crippen LogP contribution in [-0.4, -0.2) is 22.6 Å². The lowest BCUT2D eigenvalue weighted by molar-refractivity contribution is -0.120. The molecule has 1 amide bonds. The zero-order valence-corrected chi connectivity index (χ0v) is 10.9. The number of anilines is 1. The van der Waals surface area contributed by atoms with E-state index in [-0.39, 0.29) is 18.4 Å². The Kier molecular flexibility index (Phi) is 4.93. The average molecular weight is 258 g/mol. The molecule has 2 N–H and O–H groups in total. The molecular formula is C15H18N2O2. The molecule has 1 fully saturated rings.